The molecule has 1 atom stereocenters. The molecule has 1 aromatic carbocycles. The van der Waals surface area contributed by atoms with Crippen molar-refractivity contribution < 1.29 is 4.79 Å². The van der Waals surface area contributed by atoms with E-state index in [0.717, 1.165) is 11.1 Å². The van der Waals surface area contributed by atoms with Crippen molar-refractivity contribution in [3.8, 4) is 11.1 Å². The highest BCUT2D eigenvalue weighted by Gasteiger charge is 2.22. The number of thiophene rings is 1. The zero-order valence-electron chi connectivity index (χ0n) is 14.8. The van der Waals surface area contributed by atoms with Crippen LogP contribution in [-0.4, -0.2) is 15.5 Å². The molecule has 3 rings (SSSR count). The normalized spacial score (nSPS) is 12.5. The van der Waals surface area contributed by atoms with Gasteiger partial charge in [0.1, 0.15) is 16.7 Å². The number of amides is 1. The molecule has 5 nitrogen and oxygen atoms in total. The fourth-order valence-corrected chi connectivity index (χ4v) is 3.90. The van der Waals surface area contributed by atoms with Crippen LogP contribution in [0.1, 0.15) is 36.8 Å². The zero-order chi connectivity index (χ0) is 18.3. The minimum absolute atomic E-state index is 0.206. The average Bonchev–Trinajstić information content (AvgIpc) is 3.00. The van der Waals surface area contributed by atoms with E-state index in [-0.39, 0.29) is 5.56 Å². The van der Waals surface area contributed by atoms with Crippen molar-refractivity contribution in [3.63, 3.8) is 0 Å². The molecule has 0 aliphatic heterocycles. The van der Waals surface area contributed by atoms with Gasteiger partial charge in [0.05, 0.1) is 5.39 Å². The molecule has 130 valence electrons. The maximum atomic E-state index is 13.2. The molecule has 0 radical (unpaired) electrons. The van der Waals surface area contributed by atoms with Gasteiger partial charge >= 0.3 is 0 Å². The van der Waals surface area contributed by atoms with Gasteiger partial charge in [0.2, 0.25) is 5.91 Å². The van der Waals surface area contributed by atoms with Crippen molar-refractivity contribution in [3.05, 3.63) is 50.9 Å². The molecule has 2 aromatic heterocycles. The minimum atomic E-state index is -0.730. The Morgan fingerprint density at radius 2 is 2.04 bits per heavy atom. The summed E-state index contributed by atoms with van der Waals surface area (Å²) < 4.78 is 1.43. The van der Waals surface area contributed by atoms with Gasteiger partial charge in [-0.1, -0.05) is 25.1 Å². The van der Waals surface area contributed by atoms with Crippen molar-refractivity contribution in [1.29, 1.82) is 0 Å². The van der Waals surface area contributed by atoms with E-state index in [1.807, 2.05) is 31.4 Å². The highest BCUT2D eigenvalue weighted by atomic mass is 32.1. The van der Waals surface area contributed by atoms with Crippen LogP contribution in [0.15, 0.2) is 28.4 Å². The number of carbonyl (C=O) groups excluding carboxylic acids is 1. The Hall–Kier alpha value is -2.47. The van der Waals surface area contributed by atoms with E-state index in [2.05, 4.69) is 18.0 Å². The highest BCUT2D eigenvalue weighted by Crippen LogP contribution is 2.32. The van der Waals surface area contributed by atoms with Gasteiger partial charge in [0.15, 0.2) is 0 Å². The summed E-state index contributed by atoms with van der Waals surface area (Å²) in [6.07, 6.45) is 0.555. The van der Waals surface area contributed by atoms with Gasteiger partial charge in [-0.2, -0.15) is 0 Å². The summed E-state index contributed by atoms with van der Waals surface area (Å²) in [6, 6.07) is 5.41. The van der Waals surface area contributed by atoms with Crippen LogP contribution in [0.5, 0.6) is 0 Å². The van der Waals surface area contributed by atoms with Crippen LogP contribution in [-0.2, 0) is 11.2 Å². The molecule has 0 bridgehead atoms. The molecule has 6 heteroatoms. The van der Waals surface area contributed by atoms with Gasteiger partial charge in [0.25, 0.3) is 5.56 Å². The van der Waals surface area contributed by atoms with Crippen molar-refractivity contribution in [2.24, 2.45) is 5.73 Å². The fraction of sp³-hybridized carbons (Fsp3) is 0.316. The van der Waals surface area contributed by atoms with Gasteiger partial charge < -0.3 is 5.73 Å². The molecule has 3 aromatic rings. The molecule has 1 unspecified atom stereocenters. The number of nitrogens with zero attached hydrogens (tertiary/aromatic N) is 2. The smallest absolute Gasteiger partial charge is 0.263 e. The van der Waals surface area contributed by atoms with E-state index in [1.54, 1.807) is 6.92 Å². The first-order chi connectivity index (χ1) is 11.8. The largest absolute Gasteiger partial charge is 0.368 e. The second-order valence-corrected chi connectivity index (χ2v) is 7.12. The highest BCUT2D eigenvalue weighted by molar-refractivity contribution is 7.17. The van der Waals surface area contributed by atoms with Gasteiger partial charge in [-0.05, 0) is 37.5 Å². The molecule has 0 aliphatic rings. The predicted octanol–water partition coefficient (Wildman–Crippen LogP) is 3.35. The molecule has 0 aliphatic carbocycles. The Morgan fingerprint density at radius 3 is 2.64 bits per heavy atom. The maximum Gasteiger partial charge on any atom is 0.263 e. The Kier molecular flexibility index (Phi) is 4.47. The van der Waals surface area contributed by atoms with Crippen molar-refractivity contribution in [2.75, 3.05) is 0 Å². The quantitative estimate of drug-likeness (QED) is 0.779. The number of aromatic nitrogens is 2. The lowest BCUT2D eigenvalue weighted by atomic mass is 10.0. The van der Waals surface area contributed by atoms with Crippen molar-refractivity contribution in [1.82, 2.24) is 9.55 Å². The van der Waals surface area contributed by atoms with E-state index >= 15 is 0 Å². The van der Waals surface area contributed by atoms with E-state index in [4.69, 9.17) is 5.73 Å². The number of carbonyl (C=O) groups is 1. The van der Waals surface area contributed by atoms with Crippen molar-refractivity contribution >= 4 is 27.5 Å². The van der Waals surface area contributed by atoms with Gasteiger partial charge in [-0.3, -0.25) is 14.2 Å². The monoisotopic (exact) mass is 355 g/mol. The topological polar surface area (TPSA) is 78.0 Å². The van der Waals surface area contributed by atoms with Crippen LogP contribution in [0.3, 0.4) is 0 Å². The first kappa shape index (κ1) is 17.4. The number of primary amides is 1. The van der Waals surface area contributed by atoms with Gasteiger partial charge in [-0.25, -0.2) is 4.98 Å². The lowest BCUT2D eigenvalue weighted by Crippen LogP contribution is -2.34. The first-order valence-corrected chi connectivity index (χ1v) is 9.12. The Balaban J connectivity index is 2.33. The molecular weight excluding hydrogens is 334 g/mol. The second kappa shape index (κ2) is 6.44. The zero-order valence-corrected chi connectivity index (χ0v) is 15.6. The summed E-state index contributed by atoms with van der Waals surface area (Å²) in [6.45, 7) is 7.66. The number of rotatable bonds is 4. The summed E-state index contributed by atoms with van der Waals surface area (Å²) in [7, 11) is 0. The molecule has 1 amide bonds. The standard InChI is InChI=1S/C19H21N3O2S/c1-5-15-21-18-16(19(24)22(15)12(4)17(20)23)14(9-25-18)13-7-6-10(2)11(3)8-13/h6-9,12H,5H2,1-4H3,(H2,20,23). The van der Waals surface area contributed by atoms with Crippen LogP contribution >= 0.6 is 11.3 Å². The lowest BCUT2D eigenvalue weighted by Gasteiger charge is -2.16. The maximum absolute atomic E-state index is 13.2. The molecule has 0 spiro atoms. The van der Waals surface area contributed by atoms with Crippen LogP contribution < -0.4 is 11.3 Å². The van der Waals surface area contributed by atoms with Crippen molar-refractivity contribution in [2.45, 2.75) is 40.2 Å². The third-order valence-electron chi connectivity index (χ3n) is 4.65. The molecule has 2 N–H and O–H groups in total. The SMILES string of the molecule is CCc1nc2scc(-c3ccc(C)c(C)c3)c2c(=O)n1C(C)C(N)=O. The van der Waals surface area contributed by atoms with E-state index in [9.17, 15) is 9.59 Å². The number of benzene rings is 1. The second-order valence-electron chi connectivity index (χ2n) is 6.26. The molecule has 0 saturated heterocycles. The Labute approximate surface area is 150 Å². The lowest BCUT2D eigenvalue weighted by molar-refractivity contribution is -0.120. The fourth-order valence-electron chi connectivity index (χ4n) is 2.94. The van der Waals surface area contributed by atoms with Crippen LogP contribution in [0.25, 0.3) is 21.3 Å². The summed E-state index contributed by atoms with van der Waals surface area (Å²) in [4.78, 5) is 30.2. The third-order valence-corrected chi connectivity index (χ3v) is 5.52. The average molecular weight is 355 g/mol. The number of nitrogens with two attached hydrogens (primary N) is 1. The van der Waals surface area contributed by atoms with E-state index in [0.29, 0.717) is 22.5 Å². The molecule has 2 heterocycles. The number of aryl methyl sites for hydroxylation is 3. The van der Waals surface area contributed by atoms with Crippen LogP contribution in [0.2, 0.25) is 0 Å². The summed E-state index contributed by atoms with van der Waals surface area (Å²) in [5.74, 6) is 0.0400. The summed E-state index contributed by atoms with van der Waals surface area (Å²) in [5.41, 5.74) is 9.44. The van der Waals surface area contributed by atoms with E-state index < -0.39 is 11.9 Å². The van der Waals surface area contributed by atoms with Gasteiger partial charge in [-0.15, -0.1) is 11.3 Å². The van der Waals surface area contributed by atoms with E-state index in [1.165, 1.54) is 27.0 Å². The number of fused-ring (bicyclic) bond motifs is 1. The number of hydrogen-bond acceptors (Lipinski definition) is 4. The summed E-state index contributed by atoms with van der Waals surface area (Å²) in [5, 5.41) is 2.51. The summed E-state index contributed by atoms with van der Waals surface area (Å²) >= 11 is 1.45. The molecular formula is C19H21N3O2S. The molecule has 0 saturated carbocycles. The number of hydrogen-bond donors (Lipinski definition) is 1. The predicted molar refractivity (Wildman–Crippen MR) is 102 cm³/mol. The Morgan fingerprint density at radius 1 is 1.32 bits per heavy atom. The Bertz CT molecular complexity index is 1030. The third kappa shape index (κ3) is 2.87. The van der Waals surface area contributed by atoms with Crippen LogP contribution in [0, 0.1) is 13.8 Å². The van der Waals surface area contributed by atoms with Crippen LogP contribution in [0.4, 0.5) is 0 Å². The van der Waals surface area contributed by atoms with Gasteiger partial charge in [0, 0.05) is 17.4 Å². The minimum Gasteiger partial charge on any atom is -0.368 e. The molecule has 0 fully saturated rings. The first-order valence-electron chi connectivity index (χ1n) is 8.24. The molecule has 25 heavy (non-hydrogen) atoms.